The highest BCUT2D eigenvalue weighted by atomic mass is 16.5. The molecule has 0 radical (unpaired) electrons. The molecule has 2 aromatic carbocycles. The Hall–Kier alpha value is -2.46. The average molecular weight is 333 g/mol. The standard InChI is InChI=1S/C21H19NO3/c23-19(14-7-2-1-3-8-14)21-16(13-22-12-6-11-18(21)22)15-9-4-5-10-17(15)25-20(21)24/h1-5,7-10,16,18H,6,11-13H2/t16-,18-,21+/m1/s1. The largest absolute Gasteiger partial charge is 0.425 e. The highest BCUT2D eigenvalue weighted by molar-refractivity contribution is 6.15. The number of fused-ring (bicyclic) bond motifs is 5. The van der Waals surface area contributed by atoms with Crippen LogP contribution in [0, 0.1) is 5.41 Å². The lowest BCUT2D eigenvalue weighted by molar-refractivity contribution is -0.146. The topological polar surface area (TPSA) is 46.6 Å². The van der Waals surface area contributed by atoms with Crippen molar-refractivity contribution < 1.29 is 14.3 Å². The number of para-hydroxylation sites is 1. The minimum atomic E-state index is -1.12. The molecular weight excluding hydrogens is 314 g/mol. The van der Waals surface area contributed by atoms with Crippen molar-refractivity contribution in [2.75, 3.05) is 13.1 Å². The Morgan fingerprint density at radius 1 is 1.08 bits per heavy atom. The van der Waals surface area contributed by atoms with Gasteiger partial charge in [0.2, 0.25) is 0 Å². The summed E-state index contributed by atoms with van der Waals surface area (Å²) in [6, 6.07) is 16.8. The third-order valence-corrected chi connectivity index (χ3v) is 6.10. The molecule has 5 rings (SSSR count). The van der Waals surface area contributed by atoms with Gasteiger partial charge in [-0.2, -0.15) is 0 Å². The van der Waals surface area contributed by atoms with Crippen molar-refractivity contribution in [3.05, 3.63) is 65.7 Å². The number of carbonyl (C=O) groups is 2. The van der Waals surface area contributed by atoms with E-state index in [0.29, 0.717) is 11.3 Å². The van der Waals surface area contributed by atoms with Gasteiger partial charge in [0.1, 0.15) is 5.75 Å². The van der Waals surface area contributed by atoms with Crippen LogP contribution in [0.5, 0.6) is 5.75 Å². The number of carbonyl (C=O) groups excluding carboxylic acids is 2. The molecule has 0 spiro atoms. The van der Waals surface area contributed by atoms with Crippen LogP contribution in [0.15, 0.2) is 54.6 Å². The van der Waals surface area contributed by atoms with Crippen molar-refractivity contribution in [2.24, 2.45) is 5.41 Å². The average Bonchev–Trinajstić information content (AvgIpc) is 3.22. The highest BCUT2D eigenvalue weighted by Gasteiger charge is 2.67. The Morgan fingerprint density at radius 3 is 2.68 bits per heavy atom. The summed E-state index contributed by atoms with van der Waals surface area (Å²) in [5.74, 6) is 0.00423. The van der Waals surface area contributed by atoms with Gasteiger partial charge in [-0.3, -0.25) is 14.5 Å². The molecule has 3 aliphatic heterocycles. The monoisotopic (exact) mass is 333 g/mol. The molecule has 2 saturated heterocycles. The molecule has 0 unspecified atom stereocenters. The molecule has 0 aromatic heterocycles. The Morgan fingerprint density at radius 2 is 1.84 bits per heavy atom. The molecule has 25 heavy (non-hydrogen) atoms. The summed E-state index contributed by atoms with van der Waals surface area (Å²) in [4.78, 5) is 29.2. The van der Waals surface area contributed by atoms with Crippen LogP contribution in [-0.4, -0.2) is 35.8 Å². The van der Waals surface area contributed by atoms with Gasteiger partial charge in [-0.25, -0.2) is 0 Å². The van der Waals surface area contributed by atoms with E-state index < -0.39 is 5.41 Å². The van der Waals surface area contributed by atoms with Crippen LogP contribution >= 0.6 is 0 Å². The van der Waals surface area contributed by atoms with Gasteiger partial charge >= 0.3 is 5.97 Å². The van der Waals surface area contributed by atoms with Gasteiger partial charge in [0, 0.05) is 29.6 Å². The van der Waals surface area contributed by atoms with Crippen molar-refractivity contribution in [2.45, 2.75) is 24.8 Å². The lowest BCUT2D eigenvalue weighted by Crippen LogP contribution is -2.54. The summed E-state index contributed by atoms with van der Waals surface area (Å²) in [5.41, 5.74) is 0.463. The lowest BCUT2D eigenvalue weighted by Gasteiger charge is -2.39. The molecule has 2 fully saturated rings. The summed E-state index contributed by atoms with van der Waals surface area (Å²) in [6.45, 7) is 1.69. The van der Waals surface area contributed by atoms with Gasteiger partial charge in [-0.1, -0.05) is 48.5 Å². The third kappa shape index (κ3) is 1.86. The predicted octanol–water partition coefficient (Wildman–Crippen LogP) is 3.04. The number of rotatable bonds is 2. The lowest BCUT2D eigenvalue weighted by atomic mass is 9.64. The first-order valence-electron chi connectivity index (χ1n) is 8.88. The Bertz CT molecular complexity index is 862. The normalized spacial score (nSPS) is 30.3. The van der Waals surface area contributed by atoms with E-state index in [1.54, 1.807) is 12.1 Å². The number of benzene rings is 2. The van der Waals surface area contributed by atoms with E-state index in [2.05, 4.69) is 4.90 Å². The summed E-state index contributed by atoms with van der Waals surface area (Å²) < 4.78 is 5.71. The summed E-state index contributed by atoms with van der Waals surface area (Å²) in [5, 5.41) is 0. The van der Waals surface area contributed by atoms with Crippen LogP contribution in [0.3, 0.4) is 0 Å². The van der Waals surface area contributed by atoms with Crippen LogP contribution in [0.4, 0.5) is 0 Å². The molecule has 3 aliphatic rings. The minimum Gasteiger partial charge on any atom is -0.425 e. The van der Waals surface area contributed by atoms with Gasteiger partial charge in [0.05, 0.1) is 0 Å². The van der Waals surface area contributed by atoms with E-state index in [9.17, 15) is 9.59 Å². The fourth-order valence-electron chi connectivity index (χ4n) is 5.07. The first-order valence-corrected chi connectivity index (χ1v) is 8.88. The SMILES string of the molecule is O=C1Oc2ccccc2[C@H]2CN3CCC[C@@H]3[C@@]12C(=O)c1ccccc1. The van der Waals surface area contributed by atoms with E-state index in [1.807, 2.05) is 42.5 Å². The number of Topliss-reactive ketones (excluding diaryl/α,β-unsaturated/α-hetero) is 1. The number of hydrogen-bond donors (Lipinski definition) is 0. The minimum absolute atomic E-state index is 0.0638. The number of nitrogens with zero attached hydrogens (tertiary/aromatic N) is 1. The fraction of sp³-hybridized carbons (Fsp3) is 0.333. The number of ether oxygens (including phenoxy) is 1. The summed E-state index contributed by atoms with van der Waals surface area (Å²) in [7, 11) is 0. The maximum atomic E-state index is 13.6. The maximum Gasteiger partial charge on any atom is 0.327 e. The molecule has 2 aromatic rings. The molecule has 0 saturated carbocycles. The Labute approximate surface area is 146 Å². The molecule has 0 amide bonds. The molecule has 0 aliphatic carbocycles. The van der Waals surface area contributed by atoms with Crippen LogP contribution in [0.2, 0.25) is 0 Å². The second-order valence-corrected chi connectivity index (χ2v) is 7.20. The molecule has 4 heteroatoms. The molecule has 3 atom stereocenters. The van der Waals surface area contributed by atoms with E-state index in [4.69, 9.17) is 4.74 Å². The molecular formula is C21H19NO3. The second-order valence-electron chi connectivity index (χ2n) is 7.20. The molecule has 0 bridgehead atoms. The zero-order valence-electron chi connectivity index (χ0n) is 13.9. The van der Waals surface area contributed by atoms with E-state index in [0.717, 1.165) is 31.5 Å². The van der Waals surface area contributed by atoms with Crippen LogP contribution in [0.25, 0.3) is 0 Å². The first-order chi connectivity index (χ1) is 12.2. The zero-order valence-corrected chi connectivity index (χ0v) is 13.9. The predicted molar refractivity (Wildman–Crippen MR) is 92.6 cm³/mol. The number of ketones is 1. The summed E-state index contributed by atoms with van der Waals surface area (Å²) >= 11 is 0. The zero-order chi connectivity index (χ0) is 17.0. The van der Waals surface area contributed by atoms with Crippen LogP contribution in [-0.2, 0) is 4.79 Å². The van der Waals surface area contributed by atoms with Crippen molar-refractivity contribution in [1.82, 2.24) is 4.90 Å². The number of esters is 1. The van der Waals surface area contributed by atoms with Gasteiger partial charge in [0.15, 0.2) is 11.2 Å². The van der Waals surface area contributed by atoms with E-state index in [1.165, 1.54) is 0 Å². The van der Waals surface area contributed by atoms with Crippen molar-refractivity contribution in [3.8, 4) is 5.75 Å². The summed E-state index contributed by atoms with van der Waals surface area (Å²) in [6.07, 6.45) is 1.89. The third-order valence-electron chi connectivity index (χ3n) is 6.10. The maximum absolute atomic E-state index is 13.6. The first kappa shape index (κ1) is 14.8. The van der Waals surface area contributed by atoms with Gasteiger partial charge < -0.3 is 4.74 Å². The Kier molecular flexibility index (Phi) is 3.13. The van der Waals surface area contributed by atoms with Crippen LogP contribution < -0.4 is 4.74 Å². The van der Waals surface area contributed by atoms with E-state index in [-0.39, 0.29) is 23.7 Å². The highest BCUT2D eigenvalue weighted by Crippen LogP contribution is 2.57. The fourth-order valence-corrected chi connectivity index (χ4v) is 5.07. The van der Waals surface area contributed by atoms with Crippen LogP contribution in [0.1, 0.15) is 34.7 Å². The number of hydrogen-bond acceptors (Lipinski definition) is 4. The van der Waals surface area contributed by atoms with E-state index >= 15 is 0 Å². The van der Waals surface area contributed by atoms with Crippen molar-refractivity contribution >= 4 is 11.8 Å². The Balaban J connectivity index is 1.73. The van der Waals surface area contributed by atoms with Crippen molar-refractivity contribution in [1.29, 1.82) is 0 Å². The molecule has 0 N–H and O–H groups in total. The van der Waals surface area contributed by atoms with Gasteiger partial charge in [-0.05, 0) is 25.5 Å². The quantitative estimate of drug-likeness (QED) is 0.367. The van der Waals surface area contributed by atoms with Crippen molar-refractivity contribution in [3.63, 3.8) is 0 Å². The molecule has 126 valence electrons. The van der Waals surface area contributed by atoms with Gasteiger partial charge in [0.25, 0.3) is 0 Å². The molecule has 4 nitrogen and oxygen atoms in total. The molecule has 3 heterocycles. The second kappa shape index (κ2) is 5.27. The van der Waals surface area contributed by atoms with Gasteiger partial charge in [-0.15, -0.1) is 0 Å². The smallest absolute Gasteiger partial charge is 0.327 e.